The first-order chi connectivity index (χ1) is 16.6. The average molecular weight is 464 g/mol. The van der Waals surface area contributed by atoms with Crippen molar-refractivity contribution >= 4 is 17.5 Å². The van der Waals surface area contributed by atoms with Gasteiger partial charge in [-0.25, -0.2) is 5.01 Å². The molecule has 34 heavy (non-hydrogen) atoms. The first-order valence-corrected chi connectivity index (χ1v) is 12.0. The van der Waals surface area contributed by atoms with Gasteiger partial charge in [-0.3, -0.25) is 9.59 Å². The van der Waals surface area contributed by atoms with Gasteiger partial charge in [-0.05, 0) is 48.2 Å². The molecule has 0 N–H and O–H groups in total. The molecule has 0 radical (unpaired) electrons. The summed E-state index contributed by atoms with van der Waals surface area (Å²) in [7, 11) is 3.24. The average Bonchev–Trinajstić information content (AvgIpc) is 3.57. The molecule has 1 saturated carbocycles. The first kappa shape index (κ1) is 24.0. The summed E-state index contributed by atoms with van der Waals surface area (Å²) in [5, 5.41) is 6.32. The van der Waals surface area contributed by atoms with Crippen LogP contribution in [-0.4, -0.2) is 61.4 Å². The predicted molar refractivity (Wildman–Crippen MR) is 131 cm³/mol. The Labute approximate surface area is 201 Å². The molecule has 1 aliphatic carbocycles. The maximum atomic E-state index is 13.6. The molecule has 2 aliphatic rings. The van der Waals surface area contributed by atoms with Gasteiger partial charge in [0.05, 0.1) is 25.5 Å². The van der Waals surface area contributed by atoms with Crippen LogP contribution in [0.1, 0.15) is 49.3 Å². The van der Waals surface area contributed by atoms with Gasteiger partial charge in [0.15, 0.2) is 0 Å². The van der Waals surface area contributed by atoms with Gasteiger partial charge in [-0.2, -0.15) is 5.10 Å². The standard InChI is InChI=1S/C27H33N3O4/c1-33-17-16-29(27(32)22-10-6-7-11-22)19-26(31)30-25(21-8-4-3-5-9-21)18-24(28-30)20-12-14-23(34-2)15-13-20/h3-5,8-9,12-15,22,25H,6-7,10-11,16-19H2,1-2H3/t25-/m1/s1. The number of methoxy groups -OCH3 is 2. The first-order valence-electron chi connectivity index (χ1n) is 12.0. The zero-order valence-electron chi connectivity index (χ0n) is 20.0. The maximum absolute atomic E-state index is 13.6. The highest BCUT2D eigenvalue weighted by Gasteiger charge is 2.35. The largest absolute Gasteiger partial charge is 0.497 e. The van der Waals surface area contributed by atoms with Gasteiger partial charge in [0.1, 0.15) is 12.3 Å². The Bertz CT molecular complexity index is 1000. The molecule has 1 heterocycles. The van der Waals surface area contributed by atoms with E-state index in [4.69, 9.17) is 14.6 Å². The summed E-state index contributed by atoms with van der Waals surface area (Å²) in [6.45, 7) is 0.798. The number of carbonyl (C=O) groups is 2. The van der Waals surface area contributed by atoms with Crippen LogP contribution in [-0.2, 0) is 14.3 Å². The molecule has 4 rings (SSSR count). The van der Waals surface area contributed by atoms with Crippen LogP contribution in [0.2, 0.25) is 0 Å². The smallest absolute Gasteiger partial charge is 0.262 e. The quantitative estimate of drug-likeness (QED) is 0.563. The van der Waals surface area contributed by atoms with Crippen molar-refractivity contribution < 1.29 is 19.1 Å². The number of carbonyl (C=O) groups excluding carboxylic acids is 2. The molecule has 2 amide bonds. The van der Waals surface area contributed by atoms with Crippen molar-refractivity contribution in [1.82, 2.24) is 9.91 Å². The molecule has 7 heteroatoms. The van der Waals surface area contributed by atoms with Crippen molar-refractivity contribution in [3.8, 4) is 5.75 Å². The monoisotopic (exact) mass is 463 g/mol. The van der Waals surface area contributed by atoms with Crippen LogP contribution >= 0.6 is 0 Å². The van der Waals surface area contributed by atoms with Gasteiger partial charge in [0, 0.05) is 26.0 Å². The lowest BCUT2D eigenvalue weighted by atomic mass is 9.98. The zero-order valence-corrected chi connectivity index (χ0v) is 20.0. The Morgan fingerprint density at radius 3 is 2.38 bits per heavy atom. The van der Waals surface area contributed by atoms with E-state index in [1.54, 1.807) is 24.1 Å². The number of benzene rings is 2. The predicted octanol–water partition coefficient (Wildman–Crippen LogP) is 4.04. The van der Waals surface area contributed by atoms with Crippen LogP contribution < -0.4 is 4.74 Å². The minimum atomic E-state index is -0.211. The fourth-order valence-corrected chi connectivity index (χ4v) is 4.77. The third kappa shape index (κ3) is 5.47. The van der Waals surface area contributed by atoms with Crippen LogP contribution in [0, 0.1) is 5.92 Å². The summed E-state index contributed by atoms with van der Waals surface area (Å²) in [5.41, 5.74) is 2.82. The minimum Gasteiger partial charge on any atom is -0.497 e. The number of rotatable bonds is 9. The summed E-state index contributed by atoms with van der Waals surface area (Å²) in [6.07, 6.45) is 4.54. The zero-order chi connectivity index (χ0) is 23.9. The SMILES string of the molecule is COCCN(CC(=O)N1N=C(c2ccc(OC)cc2)C[C@@H]1c1ccccc1)C(=O)C1CCCC1. The molecule has 1 fully saturated rings. The van der Waals surface area contributed by atoms with Gasteiger partial charge in [0.2, 0.25) is 5.91 Å². The number of hydrogen-bond acceptors (Lipinski definition) is 5. The van der Waals surface area contributed by atoms with E-state index in [1.807, 2.05) is 54.6 Å². The summed E-state index contributed by atoms with van der Waals surface area (Å²) < 4.78 is 10.5. The summed E-state index contributed by atoms with van der Waals surface area (Å²) in [4.78, 5) is 28.4. The number of ether oxygens (including phenoxy) is 2. The van der Waals surface area contributed by atoms with Gasteiger partial charge in [-0.15, -0.1) is 0 Å². The van der Waals surface area contributed by atoms with Crippen LogP contribution in [0.15, 0.2) is 59.7 Å². The van der Waals surface area contributed by atoms with Crippen molar-refractivity contribution in [3.63, 3.8) is 0 Å². The molecule has 7 nitrogen and oxygen atoms in total. The highest BCUT2D eigenvalue weighted by atomic mass is 16.5. The van der Waals surface area contributed by atoms with Gasteiger partial charge in [-0.1, -0.05) is 43.2 Å². The molecule has 0 unspecified atom stereocenters. The third-order valence-electron chi connectivity index (χ3n) is 6.68. The lowest BCUT2D eigenvalue weighted by Gasteiger charge is -2.28. The highest BCUT2D eigenvalue weighted by molar-refractivity contribution is 6.03. The van der Waals surface area contributed by atoms with Crippen molar-refractivity contribution in [2.45, 2.75) is 38.1 Å². The van der Waals surface area contributed by atoms with Crippen molar-refractivity contribution in [1.29, 1.82) is 0 Å². The van der Waals surface area contributed by atoms with E-state index in [0.717, 1.165) is 48.3 Å². The lowest BCUT2D eigenvalue weighted by molar-refractivity contribution is -0.144. The van der Waals surface area contributed by atoms with Crippen LogP contribution in [0.4, 0.5) is 0 Å². The molecule has 0 spiro atoms. The lowest BCUT2D eigenvalue weighted by Crippen LogP contribution is -2.44. The topological polar surface area (TPSA) is 71.4 Å². The van der Waals surface area contributed by atoms with Crippen LogP contribution in [0.25, 0.3) is 0 Å². The van der Waals surface area contributed by atoms with E-state index in [-0.39, 0.29) is 30.3 Å². The molecular formula is C27H33N3O4. The van der Waals surface area contributed by atoms with E-state index < -0.39 is 0 Å². The number of hydrazone groups is 1. The Morgan fingerprint density at radius 1 is 1.03 bits per heavy atom. The molecule has 2 aromatic rings. The second kappa shape index (κ2) is 11.3. The molecule has 0 aromatic heterocycles. The number of nitrogens with zero attached hydrogens (tertiary/aromatic N) is 3. The molecule has 2 aromatic carbocycles. The van der Waals surface area contributed by atoms with Crippen molar-refractivity contribution in [2.75, 3.05) is 33.9 Å². The summed E-state index contributed by atoms with van der Waals surface area (Å²) in [5.74, 6) is 0.651. The van der Waals surface area contributed by atoms with Crippen LogP contribution in [0.3, 0.4) is 0 Å². The Morgan fingerprint density at radius 2 is 1.74 bits per heavy atom. The van der Waals surface area contributed by atoms with E-state index in [2.05, 4.69) is 0 Å². The fourth-order valence-electron chi connectivity index (χ4n) is 4.77. The van der Waals surface area contributed by atoms with Gasteiger partial charge in [0.25, 0.3) is 5.91 Å². The fraction of sp³-hybridized carbons (Fsp3) is 0.444. The molecule has 1 aliphatic heterocycles. The third-order valence-corrected chi connectivity index (χ3v) is 6.68. The Kier molecular flexibility index (Phi) is 7.95. The van der Waals surface area contributed by atoms with E-state index in [0.29, 0.717) is 19.6 Å². The van der Waals surface area contributed by atoms with E-state index in [1.165, 1.54) is 0 Å². The number of amides is 2. The molecule has 1 atom stereocenters. The van der Waals surface area contributed by atoms with Gasteiger partial charge >= 0.3 is 0 Å². The molecule has 0 bridgehead atoms. The number of hydrogen-bond donors (Lipinski definition) is 0. The summed E-state index contributed by atoms with van der Waals surface area (Å²) >= 11 is 0. The molecule has 0 saturated heterocycles. The van der Waals surface area contributed by atoms with Crippen LogP contribution in [0.5, 0.6) is 5.75 Å². The summed E-state index contributed by atoms with van der Waals surface area (Å²) in [6, 6.07) is 17.4. The van der Waals surface area contributed by atoms with Crippen molar-refractivity contribution in [3.05, 3.63) is 65.7 Å². The Balaban J connectivity index is 1.57. The highest BCUT2D eigenvalue weighted by Crippen LogP contribution is 2.33. The normalized spacial score (nSPS) is 18.1. The van der Waals surface area contributed by atoms with E-state index >= 15 is 0 Å². The maximum Gasteiger partial charge on any atom is 0.262 e. The second-order valence-corrected chi connectivity index (χ2v) is 8.88. The Hall–Kier alpha value is -3.19. The van der Waals surface area contributed by atoms with E-state index in [9.17, 15) is 9.59 Å². The van der Waals surface area contributed by atoms with Crippen molar-refractivity contribution in [2.24, 2.45) is 11.0 Å². The minimum absolute atomic E-state index is 0.00141. The molecule has 180 valence electrons. The second-order valence-electron chi connectivity index (χ2n) is 8.88. The van der Waals surface area contributed by atoms with Gasteiger partial charge < -0.3 is 14.4 Å². The molecular weight excluding hydrogens is 430 g/mol.